The molecule has 0 aliphatic heterocycles. The summed E-state index contributed by atoms with van der Waals surface area (Å²) in [6.45, 7) is 1.40. The van der Waals surface area contributed by atoms with Crippen molar-refractivity contribution >= 4 is 50.4 Å². The molecule has 223 valence electrons. The van der Waals surface area contributed by atoms with Crippen molar-refractivity contribution < 1.29 is 32.7 Å². The van der Waals surface area contributed by atoms with E-state index in [-0.39, 0.29) is 37.5 Å². The molecular weight excluding hydrogens is 777 g/mol. The Morgan fingerprint density at radius 2 is 1.64 bits per heavy atom. The number of nitrogens with zero attached hydrogens (tertiary/aromatic N) is 2. The van der Waals surface area contributed by atoms with Gasteiger partial charge in [0.1, 0.15) is 5.58 Å². The van der Waals surface area contributed by atoms with Crippen LogP contribution in [0.25, 0.3) is 55.2 Å². The number of furan rings is 1. The van der Waals surface area contributed by atoms with Crippen LogP contribution in [-0.2, 0) is 20.1 Å². The summed E-state index contributed by atoms with van der Waals surface area (Å²) in [7, 11) is 0. The van der Waals surface area contributed by atoms with E-state index in [1.165, 1.54) is 10.5 Å². The van der Waals surface area contributed by atoms with Gasteiger partial charge in [0.05, 0.1) is 8.32 Å². The quantitative estimate of drug-likeness (QED) is 0.131. The van der Waals surface area contributed by atoms with Gasteiger partial charge in [0.15, 0.2) is 0 Å². The summed E-state index contributed by atoms with van der Waals surface area (Å²) in [4.78, 5) is 8.75. The Balaban J connectivity index is 0.000000204. The number of hydrogen-bond donors (Lipinski definition) is 0. The van der Waals surface area contributed by atoms with E-state index in [0.717, 1.165) is 38.4 Å². The Morgan fingerprint density at radius 3 is 2.34 bits per heavy atom. The molecule has 7 aromatic rings. The molecule has 0 bridgehead atoms. The molecular formula is C39H36GeIrN2O-2. The van der Waals surface area contributed by atoms with Crippen LogP contribution in [0.2, 0.25) is 17.3 Å². The fraction of sp³-hybridized carbons (Fsp3) is 0.179. The number of rotatable bonds is 4. The second-order valence-electron chi connectivity index (χ2n) is 11.8. The zero-order valence-electron chi connectivity index (χ0n) is 31.3. The third-order valence-corrected chi connectivity index (χ3v) is 11.7. The van der Waals surface area contributed by atoms with Crippen LogP contribution in [0.1, 0.15) is 39.1 Å². The molecule has 7 rings (SSSR count). The Hall–Kier alpha value is -3.57. The molecule has 0 unspecified atom stereocenters. The number of aromatic nitrogens is 2. The average Bonchev–Trinajstić information content (AvgIpc) is 3.41. The number of fused-ring (bicyclic) bond motifs is 4. The van der Waals surface area contributed by atoms with E-state index in [0.29, 0.717) is 16.7 Å². The minimum Gasteiger partial charge on any atom is -0.501 e. The van der Waals surface area contributed by atoms with Crippen LogP contribution in [0.4, 0.5) is 0 Å². The Kier molecular flexibility index (Phi) is 7.41. The average molecular weight is 820 g/mol. The Bertz CT molecular complexity index is 2330. The molecule has 0 atom stereocenters. The molecule has 0 spiro atoms. The van der Waals surface area contributed by atoms with Gasteiger partial charge >= 0.3 is 120 Å². The predicted molar refractivity (Wildman–Crippen MR) is 184 cm³/mol. The van der Waals surface area contributed by atoms with E-state index < -0.39 is 32.1 Å². The van der Waals surface area contributed by atoms with Gasteiger partial charge in [-0.05, 0) is 41.5 Å². The fourth-order valence-electron chi connectivity index (χ4n) is 5.27. The number of hydrogen-bond acceptors (Lipinski definition) is 3. The van der Waals surface area contributed by atoms with Crippen molar-refractivity contribution in [3.8, 4) is 22.5 Å². The van der Waals surface area contributed by atoms with Crippen LogP contribution in [0.15, 0.2) is 108 Å². The summed E-state index contributed by atoms with van der Waals surface area (Å²) >= 11 is -2.03. The molecule has 3 nitrogen and oxygen atoms in total. The van der Waals surface area contributed by atoms with Gasteiger partial charge in [-0.3, -0.25) is 0 Å². The Labute approximate surface area is 284 Å². The van der Waals surface area contributed by atoms with Crippen molar-refractivity contribution in [1.29, 1.82) is 0 Å². The van der Waals surface area contributed by atoms with Crippen molar-refractivity contribution in [3.05, 3.63) is 127 Å². The topological polar surface area (TPSA) is 38.9 Å². The van der Waals surface area contributed by atoms with E-state index in [4.69, 9.17) is 12.6 Å². The third-order valence-electron chi connectivity index (χ3n) is 7.44. The summed E-state index contributed by atoms with van der Waals surface area (Å²) in [5, 5.41) is 3.94. The van der Waals surface area contributed by atoms with Gasteiger partial charge in [-0.2, -0.15) is 0 Å². The zero-order valence-corrected chi connectivity index (χ0v) is 29.8. The van der Waals surface area contributed by atoms with E-state index >= 15 is 0 Å². The summed E-state index contributed by atoms with van der Waals surface area (Å²) in [6.07, 6.45) is 1.61. The molecule has 5 heteroatoms. The van der Waals surface area contributed by atoms with Crippen molar-refractivity contribution in [3.63, 3.8) is 0 Å². The van der Waals surface area contributed by atoms with Crippen molar-refractivity contribution in [1.82, 2.24) is 9.97 Å². The molecule has 3 aromatic heterocycles. The van der Waals surface area contributed by atoms with Gasteiger partial charge in [0.2, 0.25) is 0 Å². The van der Waals surface area contributed by atoms with Gasteiger partial charge in [-0.15, -0.1) is 18.2 Å². The normalized spacial score (nSPS) is 13.9. The van der Waals surface area contributed by atoms with Crippen LogP contribution >= 0.6 is 0 Å². The third kappa shape index (κ3) is 6.58. The van der Waals surface area contributed by atoms with E-state index in [1.54, 1.807) is 6.07 Å². The van der Waals surface area contributed by atoms with Crippen LogP contribution in [0.5, 0.6) is 0 Å². The van der Waals surface area contributed by atoms with Crippen molar-refractivity contribution in [2.75, 3.05) is 0 Å². The molecule has 0 amide bonds. The minimum absolute atomic E-state index is 0. The molecule has 3 heterocycles. The standard InChI is InChI=1S/C22H14NO.C17H22GeN.Ir/c1-14-9-10-23-20(11-14)18-8-4-7-17-19-12-15-5-2-3-6-16(15)13-21(19)24-22(17)18;1-13(2)15-11-17(14-9-7-6-8-10-14)19-12-16(15)18(3,4)5;/h2-7,9-13H,1H3;6-9,11-13H,1-5H3;/q2*-1;/i1D3,9D,10D;13D;. The molecule has 44 heavy (non-hydrogen) atoms. The number of pyridine rings is 2. The van der Waals surface area contributed by atoms with E-state index in [1.807, 2.05) is 80.7 Å². The maximum atomic E-state index is 8.44. The molecule has 1 radical (unpaired) electrons. The monoisotopic (exact) mass is 821 g/mol. The van der Waals surface area contributed by atoms with Gasteiger partial charge < -0.3 is 9.40 Å². The van der Waals surface area contributed by atoms with E-state index in [2.05, 4.69) is 51.5 Å². The molecule has 4 aromatic carbocycles. The molecule has 0 fully saturated rings. The van der Waals surface area contributed by atoms with Gasteiger partial charge in [-0.25, -0.2) is 0 Å². The smallest absolute Gasteiger partial charge is 0.121 e. The summed E-state index contributed by atoms with van der Waals surface area (Å²) in [5.74, 6) is 6.45. The number of benzene rings is 4. The van der Waals surface area contributed by atoms with Crippen LogP contribution in [0, 0.1) is 19.0 Å². The summed E-state index contributed by atoms with van der Waals surface area (Å²) < 4.78 is 54.8. The van der Waals surface area contributed by atoms with Crippen LogP contribution < -0.4 is 4.40 Å². The second kappa shape index (κ2) is 13.2. The van der Waals surface area contributed by atoms with E-state index in [9.17, 15) is 0 Å². The summed E-state index contributed by atoms with van der Waals surface area (Å²) in [5.41, 5.74) is 4.78. The van der Waals surface area contributed by atoms with Crippen molar-refractivity contribution in [2.24, 2.45) is 0 Å². The Morgan fingerprint density at radius 1 is 0.864 bits per heavy atom. The summed E-state index contributed by atoms with van der Waals surface area (Å²) in [6, 6.07) is 32.8. The largest absolute Gasteiger partial charge is 0.501 e. The zero-order chi connectivity index (χ0) is 35.3. The first-order valence-electron chi connectivity index (χ1n) is 17.3. The second-order valence-corrected chi connectivity index (χ2v) is 22.4. The first-order valence-corrected chi connectivity index (χ1v) is 21.6. The SMILES string of the molecule is [2H]C(C)(C)c1cc(-c2[c-]cccc2)nc[c]1[Ge]([CH3])([CH3])[CH3].[2H]c1nc(-c2[c-]ccc3c2oc2cc4ccccc4cc23)cc(C([2H])([2H])[2H])c1[2H].[Ir]. The maximum absolute atomic E-state index is 8.44. The van der Waals surface area contributed by atoms with Gasteiger partial charge in [-0.1, -0.05) is 46.8 Å². The molecule has 0 saturated heterocycles. The maximum Gasteiger partial charge on any atom is 0.121 e. The first kappa shape index (κ1) is 24.7. The molecule has 0 N–H and O–H groups in total. The van der Waals surface area contributed by atoms with Crippen LogP contribution in [-0.4, -0.2) is 23.2 Å². The molecule has 0 saturated carbocycles. The molecule has 0 aliphatic rings. The van der Waals surface area contributed by atoms with Gasteiger partial charge in [0, 0.05) is 35.8 Å². The first-order chi connectivity index (χ1) is 23.0. The van der Waals surface area contributed by atoms with Crippen LogP contribution in [0.3, 0.4) is 0 Å². The number of aryl methyl sites for hydroxylation is 1. The minimum atomic E-state index is -2.51. The predicted octanol–water partition coefficient (Wildman–Crippen LogP) is 10.1. The fourth-order valence-corrected chi connectivity index (χ4v) is 8.58. The van der Waals surface area contributed by atoms with Gasteiger partial charge in [0.25, 0.3) is 0 Å². The molecule has 0 aliphatic carbocycles. The van der Waals surface area contributed by atoms with Crippen molar-refractivity contribution in [2.45, 2.75) is 43.9 Å².